The molecule has 32 heavy (non-hydrogen) atoms. The van der Waals surface area contributed by atoms with Crippen LogP contribution in [0, 0.1) is 0 Å². The van der Waals surface area contributed by atoms with E-state index in [2.05, 4.69) is 16.5 Å². The van der Waals surface area contributed by atoms with E-state index in [0.29, 0.717) is 35.7 Å². The van der Waals surface area contributed by atoms with Crippen LogP contribution >= 0.6 is 0 Å². The number of methoxy groups -OCH3 is 1. The maximum absolute atomic E-state index is 12.5. The molecule has 4 aromatic rings. The van der Waals surface area contributed by atoms with Gasteiger partial charge in [-0.3, -0.25) is 4.79 Å². The lowest BCUT2D eigenvalue weighted by atomic mass is 10.1. The molecule has 2 aromatic heterocycles. The van der Waals surface area contributed by atoms with Gasteiger partial charge >= 0.3 is 0 Å². The lowest BCUT2D eigenvalue weighted by molar-refractivity contribution is -0.114. The van der Waals surface area contributed by atoms with Crippen LogP contribution in [-0.2, 0) is 11.3 Å². The number of nitrogen functional groups attached to an aromatic ring is 1. The summed E-state index contributed by atoms with van der Waals surface area (Å²) in [6.45, 7) is 4.50. The molecule has 0 spiro atoms. The highest BCUT2D eigenvalue weighted by atomic mass is 16.5. The Labute approximate surface area is 185 Å². The first-order valence-electron chi connectivity index (χ1n) is 9.99. The number of para-hydroxylation sites is 1. The second kappa shape index (κ2) is 8.81. The highest BCUT2D eigenvalue weighted by molar-refractivity contribution is 6.02. The fraction of sp³-hybridized carbons (Fsp3) is 0.125. The van der Waals surface area contributed by atoms with Crippen LogP contribution in [0.25, 0.3) is 22.2 Å². The number of nitrogens with zero attached hydrogens (tertiary/aromatic N) is 4. The van der Waals surface area contributed by atoms with Crippen LogP contribution in [0.5, 0.6) is 11.5 Å². The highest BCUT2D eigenvalue weighted by Gasteiger charge is 2.18. The van der Waals surface area contributed by atoms with Crippen LogP contribution in [0.1, 0.15) is 0 Å². The number of phenols is 1. The Hall–Kier alpha value is -4.33. The van der Waals surface area contributed by atoms with Crippen molar-refractivity contribution >= 4 is 28.4 Å². The number of benzene rings is 2. The maximum Gasteiger partial charge on any atom is 0.250 e. The van der Waals surface area contributed by atoms with Gasteiger partial charge in [0.15, 0.2) is 11.5 Å². The lowest BCUT2D eigenvalue weighted by Gasteiger charge is -2.21. The molecule has 0 atom stereocenters. The van der Waals surface area contributed by atoms with Gasteiger partial charge in [0.05, 0.1) is 12.5 Å². The standard InChI is InChI=1S/C24H23N5O3/c1-3-21(31)29(17-7-5-4-6-8-17)12-11-28-14-18(22-23(25)26-15-27-24(22)28)16-9-10-19(30)20(13-16)32-2/h3-10,13-15,30H,1,11-12H2,2H3,(H2,25,26,27). The number of ether oxygens (including phenoxy) is 1. The molecule has 8 nitrogen and oxygen atoms in total. The highest BCUT2D eigenvalue weighted by Crippen LogP contribution is 2.37. The summed E-state index contributed by atoms with van der Waals surface area (Å²) < 4.78 is 7.19. The Kier molecular flexibility index (Phi) is 5.76. The summed E-state index contributed by atoms with van der Waals surface area (Å²) in [6, 6.07) is 14.5. The molecule has 162 valence electrons. The summed E-state index contributed by atoms with van der Waals surface area (Å²) in [6.07, 6.45) is 4.64. The number of aromatic hydroxyl groups is 1. The van der Waals surface area contributed by atoms with E-state index in [4.69, 9.17) is 10.5 Å². The van der Waals surface area contributed by atoms with Gasteiger partial charge < -0.3 is 25.0 Å². The number of amides is 1. The fourth-order valence-corrected chi connectivity index (χ4v) is 3.67. The van der Waals surface area contributed by atoms with Gasteiger partial charge in [0.25, 0.3) is 0 Å². The summed E-state index contributed by atoms with van der Waals surface area (Å²) in [4.78, 5) is 22.7. The first-order chi connectivity index (χ1) is 15.5. The van der Waals surface area contributed by atoms with Crippen LogP contribution in [0.4, 0.5) is 11.5 Å². The first-order valence-corrected chi connectivity index (χ1v) is 9.99. The number of nitrogens with two attached hydrogens (primary N) is 1. The molecule has 0 aliphatic rings. The Balaban J connectivity index is 1.75. The van der Waals surface area contributed by atoms with E-state index in [0.717, 1.165) is 16.8 Å². The Bertz CT molecular complexity index is 1280. The fourth-order valence-electron chi connectivity index (χ4n) is 3.67. The number of anilines is 2. The zero-order chi connectivity index (χ0) is 22.7. The predicted molar refractivity (Wildman–Crippen MR) is 125 cm³/mol. The summed E-state index contributed by atoms with van der Waals surface area (Å²) in [7, 11) is 1.49. The van der Waals surface area contributed by atoms with Gasteiger partial charge in [0.2, 0.25) is 5.91 Å². The van der Waals surface area contributed by atoms with Crippen molar-refractivity contribution < 1.29 is 14.6 Å². The van der Waals surface area contributed by atoms with Crippen LogP contribution in [0.15, 0.2) is 73.7 Å². The van der Waals surface area contributed by atoms with Gasteiger partial charge in [0.1, 0.15) is 17.8 Å². The molecule has 4 rings (SSSR count). The molecule has 0 fully saturated rings. The average Bonchev–Trinajstić information content (AvgIpc) is 3.20. The zero-order valence-corrected chi connectivity index (χ0v) is 17.6. The number of carbonyl (C=O) groups excluding carboxylic acids is 1. The molecule has 3 N–H and O–H groups in total. The average molecular weight is 429 g/mol. The van der Waals surface area contributed by atoms with Gasteiger partial charge in [-0.05, 0) is 35.9 Å². The number of hydrogen-bond acceptors (Lipinski definition) is 6. The van der Waals surface area contributed by atoms with Crippen molar-refractivity contribution in [1.29, 1.82) is 0 Å². The number of aromatic nitrogens is 3. The number of hydrogen-bond donors (Lipinski definition) is 2. The zero-order valence-electron chi connectivity index (χ0n) is 17.6. The van der Waals surface area contributed by atoms with Gasteiger partial charge in [-0.1, -0.05) is 30.8 Å². The van der Waals surface area contributed by atoms with Gasteiger partial charge in [-0.15, -0.1) is 0 Å². The van der Waals surface area contributed by atoms with E-state index in [-0.39, 0.29) is 11.7 Å². The van der Waals surface area contributed by atoms with Crippen molar-refractivity contribution in [3.8, 4) is 22.6 Å². The second-order valence-corrected chi connectivity index (χ2v) is 7.11. The van der Waals surface area contributed by atoms with Crippen molar-refractivity contribution in [3.63, 3.8) is 0 Å². The van der Waals surface area contributed by atoms with Crippen LogP contribution < -0.4 is 15.4 Å². The number of carbonyl (C=O) groups is 1. The predicted octanol–water partition coefficient (Wildman–Crippen LogP) is 3.61. The molecule has 2 aromatic carbocycles. The van der Waals surface area contributed by atoms with Crippen molar-refractivity contribution in [1.82, 2.24) is 14.5 Å². The second-order valence-electron chi connectivity index (χ2n) is 7.11. The van der Waals surface area contributed by atoms with Crippen LogP contribution in [0.2, 0.25) is 0 Å². The molecule has 0 radical (unpaired) electrons. The van der Waals surface area contributed by atoms with E-state index < -0.39 is 0 Å². The normalized spacial score (nSPS) is 10.8. The minimum absolute atomic E-state index is 0.0469. The summed E-state index contributed by atoms with van der Waals surface area (Å²) in [5.41, 5.74) is 9.24. The van der Waals surface area contributed by atoms with Crippen LogP contribution in [-0.4, -0.2) is 39.2 Å². The number of rotatable bonds is 7. The van der Waals surface area contributed by atoms with E-state index in [9.17, 15) is 9.90 Å². The van der Waals surface area contributed by atoms with E-state index in [1.807, 2.05) is 41.1 Å². The SMILES string of the molecule is C=CC(=O)N(CCn1cc(-c2ccc(O)c(OC)c2)c2c(N)ncnc21)c1ccccc1. The summed E-state index contributed by atoms with van der Waals surface area (Å²) >= 11 is 0. The van der Waals surface area contributed by atoms with Gasteiger partial charge in [-0.25, -0.2) is 9.97 Å². The van der Waals surface area contributed by atoms with Gasteiger partial charge in [0, 0.05) is 30.5 Å². The topological polar surface area (TPSA) is 106 Å². The minimum Gasteiger partial charge on any atom is -0.504 e. The molecule has 0 unspecified atom stereocenters. The quantitative estimate of drug-likeness (QED) is 0.435. The minimum atomic E-state index is -0.190. The van der Waals surface area contributed by atoms with E-state index in [1.54, 1.807) is 23.1 Å². The number of fused-ring (bicyclic) bond motifs is 1. The largest absolute Gasteiger partial charge is 0.504 e. The first kappa shape index (κ1) is 20.9. The molecular formula is C24H23N5O3. The third-order valence-electron chi connectivity index (χ3n) is 5.25. The molecule has 8 heteroatoms. The van der Waals surface area contributed by atoms with E-state index >= 15 is 0 Å². The molecule has 2 heterocycles. The monoisotopic (exact) mass is 429 g/mol. The Morgan fingerprint density at radius 1 is 1.25 bits per heavy atom. The van der Waals surface area contributed by atoms with Gasteiger partial charge in [-0.2, -0.15) is 0 Å². The molecule has 0 aliphatic heterocycles. The third kappa shape index (κ3) is 3.85. The molecule has 0 bridgehead atoms. The summed E-state index contributed by atoms with van der Waals surface area (Å²) in [5, 5.41) is 10.7. The molecule has 0 saturated carbocycles. The van der Waals surface area contributed by atoms with Crippen LogP contribution in [0.3, 0.4) is 0 Å². The number of phenolic OH excluding ortho intramolecular Hbond substituents is 1. The molecule has 0 saturated heterocycles. The Morgan fingerprint density at radius 3 is 2.75 bits per heavy atom. The maximum atomic E-state index is 12.5. The lowest BCUT2D eigenvalue weighted by Crippen LogP contribution is -2.32. The smallest absolute Gasteiger partial charge is 0.250 e. The van der Waals surface area contributed by atoms with Crippen molar-refractivity contribution in [2.75, 3.05) is 24.3 Å². The van der Waals surface area contributed by atoms with E-state index in [1.165, 1.54) is 19.5 Å². The van der Waals surface area contributed by atoms with Crippen molar-refractivity contribution in [2.45, 2.75) is 6.54 Å². The van der Waals surface area contributed by atoms with Crippen molar-refractivity contribution in [3.05, 3.63) is 73.7 Å². The molecule has 0 aliphatic carbocycles. The Morgan fingerprint density at radius 2 is 2.03 bits per heavy atom. The molecular weight excluding hydrogens is 406 g/mol. The van der Waals surface area contributed by atoms with Crippen molar-refractivity contribution in [2.24, 2.45) is 0 Å². The summed E-state index contributed by atoms with van der Waals surface area (Å²) in [5.74, 6) is 0.555. The molecule has 1 amide bonds. The third-order valence-corrected chi connectivity index (χ3v) is 5.25.